The van der Waals surface area contributed by atoms with E-state index in [4.69, 9.17) is 0 Å². The third-order valence-corrected chi connectivity index (χ3v) is 9.60. The molecule has 9 rings (SSSR count). The van der Waals surface area contributed by atoms with Crippen molar-refractivity contribution in [2.75, 3.05) is 0 Å². The quantitative estimate of drug-likeness (QED) is 0.199. The SMILES string of the molecule is CC1(C)c2cc(-c3ccc4ccc5cccc6ccc3c4c56)ccc2-c2cc3cccc(-c4ccccc4)c3cc21. The van der Waals surface area contributed by atoms with E-state index in [9.17, 15) is 0 Å². The molecule has 0 aliphatic heterocycles. The summed E-state index contributed by atoms with van der Waals surface area (Å²) in [7, 11) is 0. The Labute approximate surface area is 239 Å². The first-order chi connectivity index (χ1) is 20.1. The Morgan fingerprint density at radius 2 is 1.00 bits per heavy atom. The lowest BCUT2D eigenvalue weighted by molar-refractivity contribution is 0.661. The van der Waals surface area contributed by atoms with E-state index in [0.717, 1.165) is 0 Å². The zero-order chi connectivity index (χ0) is 27.3. The minimum atomic E-state index is -0.0948. The third-order valence-electron chi connectivity index (χ3n) is 9.60. The minimum Gasteiger partial charge on any atom is -0.0622 e. The number of hydrogen-bond acceptors (Lipinski definition) is 0. The molecule has 0 amide bonds. The van der Waals surface area contributed by atoms with Crippen LogP contribution in [0.15, 0.2) is 133 Å². The highest BCUT2D eigenvalue weighted by Crippen LogP contribution is 2.52. The molecule has 1 aliphatic carbocycles. The molecule has 0 atom stereocenters. The summed E-state index contributed by atoms with van der Waals surface area (Å²) in [6.07, 6.45) is 0. The summed E-state index contributed by atoms with van der Waals surface area (Å²) in [5.41, 5.74) is 10.6. The standard InChI is InChI=1S/C41H28/c1-41(2)37-23-30(32-19-16-28-15-14-26-10-6-11-27-17-21-34(32)40(28)39(26)27)18-20-33(37)36-22-29-12-7-13-31(35(29)24-38(36)41)25-8-4-3-5-9-25/h3-24H,1-2H3. The van der Waals surface area contributed by atoms with E-state index in [1.165, 1.54) is 87.6 Å². The van der Waals surface area contributed by atoms with Crippen molar-refractivity contribution >= 4 is 43.1 Å². The Morgan fingerprint density at radius 3 is 1.83 bits per heavy atom. The fourth-order valence-corrected chi connectivity index (χ4v) is 7.53. The summed E-state index contributed by atoms with van der Waals surface area (Å²) in [5.74, 6) is 0. The molecule has 0 spiro atoms. The molecule has 0 nitrogen and oxygen atoms in total. The first kappa shape index (κ1) is 22.8. The molecular formula is C41H28. The molecule has 8 aromatic carbocycles. The fraction of sp³-hybridized carbons (Fsp3) is 0.0732. The molecule has 0 bridgehead atoms. The van der Waals surface area contributed by atoms with Crippen LogP contribution in [0.3, 0.4) is 0 Å². The summed E-state index contributed by atoms with van der Waals surface area (Å²) < 4.78 is 0. The van der Waals surface area contributed by atoms with Gasteiger partial charge in [0.25, 0.3) is 0 Å². The first-order valence-electron chi connectivity index (χ1n) is 14.5. The lowest BCUT2D eigenvalue weighted by Gasteiger charge is -2.23. The van der Waals surface area contributed by atoms with Gasteiger partial charge in [-0.15, -0.1) is 0 Å². The van der Waals surface area contributed by atoms with E-state index in [2.05, 4.69) is 147 Å². The summed E-state index contributed by atoms with van der Waals surface area (Å²) in [6, 6.07) is 49.9. The Morgan fingerprint density at radius 1 is 0.366 bits per heavy atom. The highest BCUT2D eigenvalue weighted by Gasteiger charge is 2.36. The zero-order valence-electron chi connectivity index (χ0n) is 23.2. The van der Waals surface area contributed by atoms with Crippen molar-refractivity contribution in [3.63, 3.8) is 0 Å². The largest absolute Gasteiger partial charge is 0.0622 e. The summed E-state index contributed by atoms with van der Waals surface area (Å²) in [5, 5.41) is 10.6. The lowest BCUT2D eigenvalue weighted by Crippen LogP contribution is -2.15. The smallest absolute Gasteiger partial charge is 0.0159 e. The number of benzene rings is 8. The molecular weight excluding hydrogens is 492 g/mol. The van der Waals surface area contributed by atoms with E-state index in [-0.39, 0.29) is 5.41 Å². The van der Waals surface area contributed by atoms with Crippen LogP contribution in [-0.4, -0.2) is 0 Å². The normalized spacial score (nSPS) is 13.8. The van der Waals surface area contributed by atoms with Gasteiger partial charge in [0.05, 0.1) is 0 Å². The van der Waals surface area contributed by atoms with Crippen LogP contribution in [0.4, 0.5) is 0 Å². The molecule has 8 aromatic rings. The van der Waals surface area contributed by atoms with E-state index >= 15 is 0 Å². The summed E-state index contributed by atoms with van der Waals surface area (Å²) in [4.78, 5) is 0. The van der Waals surface area contributed by atoms with Crippen LogP contribution < -0.4 is 0 Å². The van der Waals surface area contributed by atoms with Crippen LogP contribution in [-0.2, 0) is 5.41 Å². The van der Waals surface area contributed by atoms with Gasteiger partial charge in [0.1, 0.15) is 0 Å². The summed E-state index contributed by atoms with van der Waals surface area (Å²) in [6.45, 7) is 4.78. The molecule has 0 unspecified atom stereocenters. The van der Waals surface area contributed by atoms with Crippen LogP contribution in [0.2, 0.25) is 0 Å². The molecule has 0 N–H and O–H groups in total. The van der Waals surface area contributed by atoms with Gasteiger partial charge in [0.2, 0.25) is 0 Å². The molecule has 41 heavy (non-hydrogen) atoms. The minimum absolute atomic E-state index is 0.0948. The highest BCUT2D eigenvalue weighted by molar-refractivity contribution is 6.25. The Kier molecular flexibility index (Phi) is 4.49. The van der Waals surface area contributed by atoms with Gasteiger partial charge in [-0.05, 0) is 106 Å². The van der Waals surface area contributed by atoms with Gasteiger partial charge < -0.3 is 0 Å². The maximum Gasteiger partial charge on any atom is 0.0159 e. The van der Waals surface area contributed by atoms with Crippen molar-refractivity contribution in [2.45, 2.75) is 19.3 Å². The second-order valence-electron chi connectivity index (χ2n) is 12.1. The third kappa shape index (κ3) is 3.11. The van der Waals surface area contributed by atoms with Crippen molar-refractivity contribution < 1.29 is 0 Å². The number of rotatable bonds is 2. The average Bonchev–Trinajstić information content (AvgIpc) is 3.24. The van der Waals surface area contributed by atoms with E-state index in [1.54, 1.807) is 0 Å². The fourth-order valence-electron chi connectivity index (χ4n) is 7.53. The predicted molar refractivity (Wildman–Crippen MR) is 176 cm³/mol. The number of fused-ring (bicyclic) bond motifs is 4. The second-order valence-corrected chi connectivity index (χ2v) is 12.1. The maximum absolute atomic E-state index is 2.46. The summed E-state index contributed by atoms with van der Waals surface area (Å²) >= 11 is 0. The first-order valence-corrected chi connectivity index (χ1v) is 14.5. The van der Waals surface area contributed by atoms with Crippen molar-refractivity contribution in [3.8, 4) is 33.4 Å². The van der Waals surface area contributed by atoms with Crippen LogP contribution in [0, 0.1) is 0 Å². The molecule has 0 radical (unpaired) electrons. The van der Waals surface area contributed by atoms with Crippen molar-refractivity contribution in [2.24, 2.45) is 0 Å². The van der Waals surface area contributed by atoms with Gasteiger partial charge in [-0.2, -0.15) is 0 Å². The van der Waals surface area contributed by atoms with E-state index in [0.29, 0.717) is 0 Å². The van der Waals surface area contributed by atoms with Gasteiger partial charge in [0.15, 0.2) is 0 Å². The topological polar surface area (TPSA) is 0 Å². The monoisotopic (exact) mass is 520 g/mol. The zero-order valence-corrected chi connectivity index (χ0v) is 23.2. The van der Waals surface area contributed by atoms with Crippen molar-refractivity contribution in [3.05, 3.63) is 145 Å². The van der Waals surface area contributed by atoms with Crippen molar-refractivity contribution in [1.82, 2.24) is 0 Å². The Balaban J connectivity index is 1.25. The van der Waals surface area contributed by atoms with Gasteiger partial charge in [-0.25, -0.2) is 0 Å². The van der Waals surface area contributed by atoms with E-state index in [1.807, 2.05) is 0 Å². The van der Waals surface area contributed by atoms with E-state index < -0.39 is 0 Å². The second kappa shape index (κ2) is 8.05. The molecule has 1 aliphatic rings. The highest BCUT2D eigenvalue weighted by atomic mass is 14.4. The van der Waals surface area contributed by atoms with Gasteiger partial charge in [0, 0.05) is 5.41 Å². The van der Waals surface area contributed by atoms with Gasteiger partial charge in [-0.3, -0.25) is 0 Å². The van der Waals surface area contributed by atoms with Gasteiger partial charge in [-0.1, -0.05) is 129 Å². The Hall–Kier alpha value is -4.94. The molecule has 0 heteroatoms. The van der Waals surface area contributed by atoms with Crippen molar-refractivity contribution in [1.29, 1.82) is 0 Å². The lowest BCUT2D eigenvalue weighted by atomic mass is 9.80. The Bertz CT molecular complexity index is 2300. The van der Waals surface area contributed by atoms with Crippen LogP contribution >= 0.6 is 0 Å². The molecule has 192 valence electrons. The molecule has 0 heterocycles. The number of hydrogen-bond donors (Lipinski definition) is 0. The van der Waals surface area contributed by atoms with Crippen LogP contribution in [0.25, 0.3) is 76.5 Å². The van der Waals surface area contributed by atoms with Crippen LogP contribution in [0.1, 0.15) is 25.0 Å². The molecule has 0 saturated heterocycles. The average molecular weight is 521 g/mol. The molecule has 0 aromatic heterocycles. The van der Waals surface area contributed by atoms with Crippen LogP contribution in [0.5, 0.6) is 0 Å². The predicted octanol–water partition coefficient (Wildman–Crippen LogP) is 11.4. The molecule has 0 fully saturated rings. The maximum atomic E-state index is 2.46. The van der Waals surface area contributed by atoms with Gasteiger partial charge >= 0.3 is 0 Å². The molecule has 0 saturated carbocycles.